The van der Waals surface area contributed by atoms with Gasteiger partial charge in [-0.3, -0.25) is 0 Å². The maximum atomic E-state index is 14.5. The van der Waals surface area contributed by atoms with Gasteiger partial charge in [0.15, 0.2) is 11.6 Å². The van der Waals surface area contributed by atoms with Crippen molar-refractivity contribution in [2.75, 3.05) is 6.61 Å². The first-order valence-corrected chi connectivity index (χ1v) is 13.2. The molecule has 0 spiro atoms. The standard InChI is InChI=1S/C25H38F2O.C3H8/c1-3-5-6-7-18-8-10-19(11-9-18)20-12-14-21(15-13-20)22-16-17-23(28-4-2)25(27)24(22)26;1-3-2/h16-21H,3-15H2,1-2H3;3H2,1-2H3. The van der Waals surface area contributed by atoms with Crippen LogP contribution < -0.4 is 4.74 Å². The molecule has 1 aromatic carbocycles. The Morgan fingerprint density at radius 3 is 1.90 bits per heavy atom. The van der Waals surface area contributed by atoms with Gasteiger partial charge in [-0.05, 0) is 80.8 Å². The number of hydrogen-bond donors (Lipinski definition) is 0. The van der Waals surface area contributed by atoms with Crippen LogP contribution in [0.1, 0.15) is 123 Å². The summed E-state index contributed by atoms with van der Waals surface area (Å²) in [6.07, 6.45) is 16.7. The van der Waals surface area contributed by atoms with Crippen LogP contribution in [0.5, 0.6) is 5.75 Å². The Morgan fingerprint density at radius 2 is 1.35 bits per heavy atom. The van der Waals surface area contributed by atoms with E-state index in [9.17, 15) is 8.78 Å². The molecule has 0 amide bonds. The zero-order chi connectivity index (χ0) is 22.6. The van der Waals surface area contributed by atoms with Crippen LogP contribution in [0.4, 0.5) is 8.78 Å². The summed E-state index contributed by atoms with van der Waals surface area (Å²) < 4.78 is 33.9. The van der Waals surface area contributed by atoms with Gasteiger partial charge in [0.25, 0.3) is 0 Å². The fraction of sp³-hybridized carbons (Fsp3) is 0.786. The van der Waals surface area contributed by atoms with Gasteiger partial charge < -0.3 is 4.74 Å². The molecule has 3 heteroatoms. The molecule has 0 heterocycles. The summed E-state index contributed by atoms with van der Waals surface area (Å²) in [5, 5.41) is 0. The van der Waals surface area contributed by atoms with Gasteiger partial charge in [0.1, 0.15) is 0 Å². The van der Waals surface area contributed by atoms with Crippen LogP contribution in [0, 0.1) is 29.4 Å². The lowest BCUT2D eigenvalue weighted by Gasteiger charge is -2.38. The van der Waals surface area contributed by atoms with E-state index in [2.05, 4.69) is 20.8 Å². The van der Waals surface area contributed by atoms with Crippen LogP contribution in [0.2, 0.25) is 0 Å². The predicted molar refractivity (Wildman–Crippen MR) is 128 cm³/mol. The maximum Gasteiger partial charge on any atom is 0.200 e. The first-order valence-electron chi connectivity index (χ1n) is 13.2. The Labute approximate surface area is 190 Å². The quantitative estimate of drug-likeness (QED) is 0.369. The van der Waals surface area contributed by atoms with Crippen molar-refractivity contribution >= 4 is 0 Å². The molecule has 1 aromatic rings. The molecule has 0 unspecified atom stereocenters. The van der Waals surface area contributed by atoms with E-state index in [4.69, 9.17) is 4.74 Å². The molecule has 0 radical (unpaired) electrons. The van der Waals surface area contributed by atoms with Crippen molar-refractivity contribution in [2.45, 2.75) is 117 Å². The number of halogens is 2. The number of ether oxygens (including phenoxy) is 1. The molecule has 0 bridgehead atoms. The van der Waals surface area contributed by atoms with E-state index >= 15 is 0 Å². The number of rotatable bonds is 8. The molecule has 2 aliphatic carbocycles. The molecule has 0 saturated heterocycles. The topological polar surface area (TPSA) is 9.23 Å². The largest absolute Gasteiger partial charge is 0.491 e. The molecule has 178 valence electrons. The van der Waals surface area contributed by atoms with Crippen molar-refractivity contribution in [2.24, 2.45) is 17.8 Å². The van der Waals surface area contributed by atoms with Gasteiger partial charge in [-0.2, -0.15) is 4.39 Å². The van der Waals surface area contributed by atoms with Gasteiger partial charge in [-0.25, -0.2) is 4.39 Å². The third-order valence-corrected chi connectivity index (χ3v) is 7.36. The first kappa shape index (κ1) is 26.1. The maximum absolute atomic E-state index is 14.5. The summed E-state index contributed by atoms with van der Waals surface area (Å²) >= 11 is 0. The lowest BCUT2D eigenvalue weighted by atomic mass is 9.68. The minimum Gasteiger partial charge on any atom is -0.491 e. The van der Waals surface area contributed by atoms with E-state index in [0.29, 0.717) is 12.2 Å². The summed E-state index contributed by atoms with van der Waals surface area (Å²) in [4.78, 5) is 0. The van der Waals surface area contributed by atoms with E-state index in [1.165, 1.54) is 70.6 Å². The fourth-order valence-corrected chi connectivity index (χ4v) is 5.66. The Hall–Kier alpha value is -1.12. The minimum absolute atomic E-state index is 0.0353. The van der Waals surface area contributed by atoms with Gasteiger partial charge in [0, 0.05) is 0 Å². The Morgan fingerprint density at radius 1 is 0.774 bits per heavy atom. The van der Waals surface area contributed by atoms with E-state index in [1.54, 1.807) is 19.1 Å². The summed E-state index contributed by atoms with van der Waals surface area (Å²) in [5.74, 6) is 1.30. The van der Waals surface area contributed by atoms with Crippen LogP contribution in [0.3, 0.4) is 0 Å². The van der Waals surface area contributed by atoms with E-state index in [0.717, 1.165) is 30.6 Å². The van der Waals surface area contributed by atoms with Crippen LogP contribution in [-0.2, 0) is 0 Å². The second-order valence-corrected chi connectivity index (χ2v) is 9.81. The molecule has 2 aliphatic rings. The normalized spacial score (nSPS) is 26.1. The lowest BCUT2D eigenvalue weighted by molar-refractivity contribution is 0.155. The van der Waals surface area contributed by atoms with Crippen LogP contribution in [0.25, 0.3) is 0 Å². The van der Waals surface area contributed by atoms with Gasteiger partial charge in [-0.1, -0.05) is 71.8 Å². The molecule has 3 rings (SSSR count). The number of unbranched alkanes of at least 4 members (excludes halogenated alkanes) is 2. The zero-order valence-electron chi connectivity index (χ0n) is 20.5. The number of benzene rings is 1. The Kier molecular flexibility index (Phi) is 11.9. The van der Waals surface area contributed by atoms with Gasteiger partial charge >= 0.3 is 0 Å². The highest BCUT2D eigenvalue weighted by molar-refractivity contribution is 5.33. The van der Waals surface area contributed by atoms with Crippen molar-refractivity contribution in [3.05, 3.63) is 29.3 Å². The average Bonchev–Trinajstić information content (AvgIpc) is 2.79. The van der Waals surface area contributed by atoms with Crippen LogP contribution in [-0.4, -0.2) is 6.61 Å². The lowest BCUT2D eigenvalue weighted by Crippen LogP contribution is -2.25. The summed E-state index contributed by atoms with van der Waals surface area (Å²) in [6, 6.07) is 3.35. The third kappa shape index (κ3) is 7.75. The second kappa shape index (κ2) is 14.1. The third-order valence-electron chi connectivity index (χ3n) is 7.36. The van der Waals surface area contributed by atoms with Crippen molar-refractivity contribution in [3.8, 4) is 5.75 Å². The Bertz CT molecular complexity index is 614. The highest BCUT2D eigenvalue weighted by atomic mass is 19.2. The van der Waals surface area contributed by atoms with Crippen molar-refractivity contribution in [1.29, 1.82) is 0 Å². The molecule has 2 saturated carbocycles. The smallest absolute Gasteiger partial charge is 0.200 e. The van der Waals surface area contributed by atoms with Crippen molar-refractivity contribution in [3.63, 3.8) is 0 Å². The predicted octanol–water partition coefficient (Wildman–Crippen LogP) is 9.44. The molecule has 0 N–H and O–H groups in total. The highest BCUT2D eigenvalue weighted by Gasteiger charge is 2.32. The van der Waals surface area contributed by atoms with E-state index in [-0.39, 0.29) is 11.7 Å². The summed E-state index contributed by atoms with van der Waals surface area (Å²) in [6.45, 7) is 8.66. The summed E-state index contributed by atoms with van der Waals surface area (Å²) in [7, 11) is 0. The van der Waals surface area contributed by atoms with E-state index in [1.807, 2.05) is 0 Å². The van der Waals surface area contributed by atoms with Crippen molar-refractivity contribution in [1.82, 2.24) is 0 Å². The molecule has 2 fully saturated rings. The highest BCUT2D eigenvalue weighted by Crippen LogP contribution is 2.45. The zero-order valence-corrected chi connectivity index (χ0v) is 20.5. The van der Waals surface area contributed by atoms with Gasteiger partial charge in [0.2, 0.25) is 5.82 Å². The van der Waals surface area contributed by atoms with Crippen LogP contribution >= 0.6 is 0 Å². The molecule has 1 nitrogen and oxygen atoms in total. The molecule has 0 aliphatic heterocycles. The number of hydrogen-bond acceptors (Lipinski definition) is 1. The second-order valence-electron chi connectivity index (χ2n) is 9.81. The van der Waals surface area contributed by atoms with Crippen molar-refractivity contribution < 1.29 is 13.5 Å². The first-order chi connectivity index (χ1) is 15.0. The summed E-state index contributed by atoms with van der Waals surface area (Å²) in [5.41, 5.74) is 0.555. The average molecular weight is 437 g/mol. The molecular weight excluding hydrogens is 390 g/mol. The van der Waals surface area contributed by atoms with E-state index < -0.39 is 11.6 Å². The Balaban J connectivity index is 0.00000107. The van der Waals surface area contributed by atoms with Gasteiger partial charge in [0.05, 0.1) is 6.61 Å². The van der Waals surface area contributed by atoms with Crippen LogP contribution in [0.15, 0.2) is 12.1 Å². The molecule has 0 aromatic heterocycles. The van der Waals surface area contributed by atoms with Gasteiger partial charge in [-0.15, -0.1) is 0 Å². The monoisotopic (exact) mass is 436 g/mol. The SMILES string of the molecule is CCC.CCCCCC1CCC(C2CCC(c3ccc(OCC)c(F)c3F)CC2)CC1. The fourth-order valence-electron chi connectivity index (χ4n) is 5.66. The minimum atomic E-state index is -0.817. The molecule has 31 heavy (non-hydrogen) atoms. The molecule has 0 atom stereocenters. The molecular formula is C28H46F2O.